The Labute approximate surface area is 140 Å². The Bertz CT molecular complexity index is 582. The Morgan fingerprint density at radius 1 is 1.38 bits per heavy atom. The van der Waals surface area contributed by atoms with E-state index in [4.69, 9.17) is 9.26 Å². The Hall–Kier alpha value is -1.93. The molecule has 1 saturated heterocycles. The van der Waals surface area contributed by atoms with Gasteiger partial charge in [-0.3, -0.25) is 14.5 Å². The molecule has 0 spiro atoms. The molecular weight excluding hydrogens is 312 g/mol. The van der Waals surface area contributed by atoms with Crippen molar-refractivity contribution >= 4 is 17.6 Å². The Kier molecular flexibility index (Phi) is 5.47. The van der Waals surface area contributed by atoms with Gasteiger partial charge in [-0.15, -0.1) is 0 Å². The minimum atomic E-state index is -0.513. The number of aryl methyl sites for hydroxylation is 1. The van der Waals surface area contributed by atoms with E-state index in [0.717, 1.165) is 12.8 Å². The van der Waals surface area contributed by atoms with E-state index >= 15 is 0 Å². The molecular formula is C16H24N4O4. The Morgan fingerprint density at radius 2 is 2.17 bits per heavy atom. The number of amides is 2. The van der Waals surface area contributed by atoms with Crippen LogP contribution in [0.3, 0.4) is 0 Å². The first-order chi connectivity index (χ1) is 11.6. The summed E-state index contributed by atoms with van der Waals surface area (Å²) in [6.07, 6.45) is 3.92. The molecule has 0 radical (unpaired) electrons. The highest BCUT2D eigenvalue weighted by atomic mass is 16.5. The van der Waals surface area contributed by atoms with Crippen LogP contribution in [0.4, 0.5) is 5.82 Å². The third-order valence-electron chi connectivity index (χ3n) is 4.41. The second-order valence-electron chi connectivity index (χ2n) is 6.46. The van der Waals surface area contributed by atoms with E-state index in [-0.39, 0.29) is 24.4 Å². The monoisotopic (exact) mass is 336 g/mol. The Balaban J connectivity index is 1.45. The van der Waals surface area contributed by atoms with Crippen molar-refractivity contribution < 1.29 is 18.8 Å². The predicted octanol–water partition coefficient (Wildman–Crippen LogP) is 0.681. The van der Waals surface area contributed by atoms with Gasteiger partial charge in [-0.2, -0.15) is 0 Å². The maximum atomic E-state index is 12.3. The summed E-state index contributed by atoms with van der Waals surface area (Å²) in [5, 5.41) is 9.47. The SMILES string of the molecule is Cc1cc(NC(=O)CN2CCOC(C(=O)NC3CCCC3)C2)no1. The average molecular weight is 336 g/mol. The van der Waals surface area contributed by atoms with Crippen molar-refractivity contribution in [3.63, 3.8) is 0 Å². The number of aromatic nitrogens is 1. The third kappa shape index (κ3) is 4.55. The van der Waals surface area contributed by atoms with Crippen LogP contribution < -0.4 is 10.6 Å². The minimum absolute atomic E-state index is 0.0702. The maximum absolute atomic E-state index is 12.3. The van der Waals surface area contributed by atoms with Crippen LogP contribution in [0.15, 0.2) is 10.6 Å². The summed E-state index contributed by atoms with van der Waals surface area (Å²) in [4.78, 5) is 26.3. The fraction of sp³-hybridized carbons (Fsp3) is 0.688. The second kappa shape index (κ2) is 7.76. The lowest BCUT2D eigenvalue weighted by molar-refractivity contribution is -0.140. The molecule has 8 heteroatoms. The summed E-state index contributed by atoms with van der Waals surface area (Å²) in [7, 11) is 0. The van der Waals surface area contributed by atoms with E-state index < -0.39 is 6.10 Å². The highest BCUT2D eigenvalue weighted by Crippen LogP contribution is 2.18. The number of hydrogen-bond acceptors (Lipinski definition) is 6. The molecule has 2 amide bonds. The highest BCUT2D eigenvalue weighted by molar-refractivity contribution is 5.91. The topological polar surface area (TPSA) is 96.7 Å². The van der Waals surface area contributed by atoms with Crippen molar-refractivity contribution in [1.82, 2.24) is 15.4 Å². The van der Waals surface area contributed by atoms with Crippen molar-refractivity contribution in [2.75, 3.05) is 31.6 Å². The van der Waals surface area contributed by atoms with Gasteiger partial charge < -0.3 is 19.9 Å². The number of morpholine rings is 1. The van der Waals surface area contributed by atoms with Gasteiger partial charge >= 0.3 is 0 Å². The molecule has 1 saturated carbocycles. The van der Waals surface area contributed by atoms with Gasteiger partial charge in [-0.1, -0.05) is 18.0 Å². The molecule has 24 heavy (non-hydrogen) atoms. The van der Waals surface area contributed by atoms with E-state index in [0.29, 0.717) is 31.3 Å². The number of rotatable bonds is 5. The summed E-state index contributed by atoms with van der Waals surface area (Å²) in [6.45, 7) is 3.45. The molecule has 2 aliphatic rings. The van der Waals surface area contributed by atoms with Gasteiger partial charge in [0.1, 0.15) is 11.9 Å². The number of anilines is 1. The zero-order valence-corrected chi connectivity index (χ0v) is 13.9. The van der Waals surface area contributed by atoms with E-state index in [1.54, 1.807) is 13.0 Å². The van der Waals surface area contributed by atoms with Crippen LogP contribution in [-0.2, 0) is 14.3 Å². The minimum Gasteiger partial charge on any atom is -0.366 e. The first-order valence-electron chi connectivity index (χ1n) is 8.47. The molecule has 1 aliphatic carbocycles. The summed E-state index contributed by atoms with van der Waals surface area (Å²) in [5.74, 6) is 0.792. The average Bonchev–Trinajstić information content (AvgIpc) is 3.19. The molecule has 1 aliphatic heterocycles. The molecule has 2 heterocycles. The van der Waals surface area contributed by atoms with E-state index in [1.807, 2.05) is 4.90 Å². The first-order valence-corrected chi connectivity index (χ1v) is 8.47. The fourth-order valence-electron chi connectivity index (χ4n) is 3.18. The molecule has 3 rings (SSSR count). The van der Waals surface area contributed by atoms with Crippen molar-refractivity contribution in [2.45, 2.75) is 44.8 Å². The van der Waals surface area contributed by atoms with Gasteiger partial charge in [-0.05, 0) is 19.8 Å². The molecule has 8 nitrogen and oxygen atoms in total. The van der Waals surface area contributed by atoms with Gasteiger partial charge in [0.15, 0.2) is 5.82 Å². The van der Waals surface area contributed by atoms with E-state index in [1.165, 1.54) is 12.8 Å². The summed E-state index contributed by atoms with van der Waals surface area (Å²) >= 11 is 0. The standard InChI is InChI=1S/C16H24N4O4/c1-11-8-14(19-24-11)18-15(21)10-20-6-7-23-13(9-20)16(22)17-12-4-2-3-5-12/h8,12-13H,2-7,9-10H2,1H3,(H,17,22)(H,18,19,21). The smallest absolute Gasteiger partial charge is 0.250 e. The molecule has 1 unspecified atom stereocenters. The molecule has 0 bridgehead atoms. The third-order valence-corrected chi connectivity index (χ3v) is 4.41. The van der Waals surface area contributed by atoms with Crippen LogP contribution in [0.2, 0.25) is 0 Å². The van der Waals surface area contributed by atoms with Crippen molar-refractivity contribution in [3.8, 4) is 0 Å². The summed E-state index contributed by atoms with van der Waals surface area (Å²) in [6, 6.07) is 1.94. The van der Waals surface area contributed by atoms with Crippen LogP contribution in [0.25, 0.3) is 0 Å². The summed E-state index contributed by atoms with van der Waals surface area (Å²) in [5.41, 5.74) is 0. The number of nitrogens with zero attached hydrogens (tertiary/aromatic N) is 2. The number of ether oxygens (including phenoxy) is 1. The molecule has 132 valence electrons. The normalized spacial score (nSPS) is 22.5. The van der Waals surface area contributed by atoms with Crippen LogP contribution in [-0.4, -0.2) is 60.3 Å². The number of hydrogen-bond donors (Lipinski definition) is 2. The molecule has 1 atom stereocenters. The van der Waals surface area contributed by atoms with Crippen LogP contribution in [0, 0.1) is 6.92 Å². The lowest BCUT2D eigenvalue weighted by Gasteiger charge is -2.32. The lowest BCUT2D eigenvalue weighted by Crippen LogP contribution is -2.52. The fourth-order valence-corrected chi connectivity index (χ4v) is 3.18. The van der Waals surface area contributed by atoms with Crippen LogP contribution >= 0.6 is 0 Å². The van der Waals surface area contributed by atoms with Gasteiger partial charge in [-0.25, -0.2) is 0 Å². The van der Waals surface area contributed by atoms with Gasteiger partial charge in [0.05, 0.1) is 13.2 Å². The number of carbonyl (C=O) groups excluding carboxylic acids is 2. The predicted molar refractivity (Wildman–Crippen MR) is 86.4 cm³/mol. The van der Waals surface area contributed by atoms with Crippen LogP contribution in [0.1, 0.15) is 31.4 Å². The van der Waals surface area contributed by atoms with Gasteiger partial charge in [0.2, 0.25) is 5.91 Å². The van der Waals surface area contributed by atoms with Crippen LogP contribution in [0.5, 0.6) is 0 Å². The highest BCUT2D eigenvalue weighted by Gasteiger charge is 2.29. The molecule has 1 aromatic rings. The Morgan fingerprint density at radius 3 is 2.88 bits per heavy atom. The molecule has 1 aromatic heterocycles. The zero-order chi connectivity index (χ0) is 16.9. The largest absolute Gasteiger partial charge is 0.366 e. The van der Waals surface area contributed by atoms with Gasteiger partial charge in [0, 0.05) is 25.2 Å². The van der Waals surface area contributed by atoms with E-state index in [9.17, 15) is 9.59 Å². The summed E-state index contributed by atoms with van der Waals surface area (Å²) < 4.78 is 10.5. The second-order valence-corrected chi connectivity index (χ2v) is 6.46. The quantitative estimate of drug-likeness (QED) is 0.821. The number of carbonyl (C=O) groups is 2. The zero-order valence-electron chi connectivity index (χ0n) is 13.9. The van der Waals surface area contributed by atoms with Crippen molar-refractivity contribution in [1.29, 1.82) is 0 Å². The molecule has 0 aromatic carbocycles. The van der Waals surface area contributed by atoms with Crippen molar-refractivity contribution in [3.05, 3.63) is 11.8 Å². The number of nitrogens with one attached hydrogen (secondary N) is 2. The van der Waals surface area contributed by atoms with Crippen molar-refractivity contribution in [2.24, 2.45) is 0 Å². The molecule has 2 N–H and O–H groups in total. The maximum Gasteiger partial charge on any atom is 0.250 e. The lowest BCUT2D eigenvalue weighted by atomic mass is 10.2. The van der Waals surface area contributed by atoms with Gasteiger partial charge in [0.25, 0.3) is 5.91 Å². The van der Waals surface area contributed by atoms with E-state index in [2.05, 4.69) is 15.8 Å². The molecule has 2 fully saturated rings. The first kappa shape index (κ1) is 16.9.